The summed E-state index contributed by atoms with van der Waals surface area (Å²) in [5.41, 5.74) is 2.38. The SMILES string of the molecule is COC(=O)[C@H](Cc1ccnc2ccccc12)NC(=O)C1CCN(C(=O)/C=C/c2ccc(SC)c(Cl)c2Cl)CC1. The molecule has 10 heteroatoms. The van der Waals surface area contributed by atoms with Crippen LogP contribution in [-0.4, -0.2) is 60.2 Å². The molecule has 7 nitrogen and oxygen atoms in total. The number of piperidine rings is 1. The lowest BCUT2D eigenvalue weighted by Gasteiger charge is -2.31. The molecule has 0 bridgehead atoms. The monoisotopic (exact) mass is 585 g/mol. The lowest BCUT2D eigenvalue weighted by molar-refractivity contribution is -0.145. The Morgan fingerprint density at radius 3 is 2.59 bits per heavy atom. The molecule has 2 aromatic carbocycles. The van der Waals surface area contributed by atoms with Gasteiger partial charge in [-0.25, -0.2) is 4.79 Å². The molecule has 1 aliphatic rings. The molecular weight excluding hydrogens is 557 g/mol. The molecule has 1 aromatic heterocycles. The number of pyridine rings is 1. The number of fused-ring (bicyclic) bond motifs is 1. The summed E-state index contributed by atoms with van der Waals surface area (Å²) in [5.74, 6) is -1.20. The first-order valence-electron chi connectivity index (χ1n) is 12.5. The van der Waals surface area contributed by atoms with E-state index in [0.29, 0.717) is 41.5 Å². The van der Waals surface area contributed by atoms with Crippen molar-refractivity contribution in [2.24, 2.45) is 5.92 Å². The summed E-state index contributed by atoms with van der Waals surface area (Å²) < 4.78 is 4.98. The summed E-state index contributed by atoms with van der Waals surface area (Å²) in [4.78, 5) is 45.4. The van der Waals surface area contributed by atoms with Crippen LogP contribution in [0.3, 0.4) is 0 Å². The maximum atomic E-state index is 13.1. The summed E-state index contributed by atoms with van der Waals surface area (Å²) in [5, 5.41) is 4.68. The number of carbonyl (C=O) groups excluding carboxylic acids is 3. The third-order valence-electron chi connectivity index (χ3n) is 6.85. The van der Waals surface area contributed by atoms with Crippen molar-refractivity contribution in [1.29, 1.82) is 0 Å². The predicted molar refractivity (Wildman–Crippen MR) is 156 cm³/mol. The Hall–Kier alpha value is -3.07. The number of halogens is 2. The van der Waals surface area contributed by atoms with Crippen LogP contribution < -0.4 is 5.32 Å². The highest BCUT2D eigenvalue weighted by atomic mass is 35.5. The van der Waals surface area contributed by atoms with Crippen molar-refractivity contribution in [3.8, 4) is 0 Å². The molecule has 204 valence electrons. The highest BCUT2D eigenvalue weighted by molar-refractivity contribution is 7.98. The van der Waals surface area contributed by atoms with E-state index in [1.165, 1.54) is 24.9 Å². The minimum Gasteiger partial charge on any atom is -0.467 e. The van der Waals surface area contributed by atoms with Gasteiger partial charge in [-0.15, -0.1) is 11.8 Å². The van der Waals surface area contributed by atoms with Gasteiger partial charge in [-0.1, -0.05) is 47.5 Å². The summed E-state index contributed by atoms with van der Waals surface area (Å²) in [7, 11) is 1.31. The number of hydrogen-bond acceptors (Lipinski definition) is 6. The van der Waals surface area contributed by atoms with E-state index >= 15 is 0 Å². The van der Waals surface area contributed by atoms with Gasteiger partial charge in [-0.05, 0) is 54.5 Å². The number of hydrogen-bond donors (Lipinski definition) is 1. The van der Waals surface area contributed by atoms with Gasteiger partial charge in [0.05, 0.1) is 22.7 Å². The van der Waals surface area contributed by atoms with E-state index < -0.39 is 12.0 Å². The molecule has 0 spiro atoms. The zero-order chi connectivity index (χ0) is 27.9. The van der Waals surface area contributed by atoms with Gasteiger partial charge >= 0.3 is 5.97 Å². The van der Waals surface area contributed by atoms with Crippen LogP contribution in [0.25, 0.3) is 17.0 Å². The second-order valence-electron chi connectivity index (χ2n) is 9.19. The maximum absolute atomic E-state index is 13.1. The average molecular weight is 587 g/mol. The average Bonchev–Trinajstić information content (AvgIpc) is 2.97. The number of rotatable bonds is 8. The van der Waals surface area contributed by atoms with Gasteiger partial charge in [0.1, 0.15) is 6.04 Å². The number of ether oxygens (including phenoxy) is 1. The first kappa shape index (κ1) is 28.9. The van der Waals surface area contributed by atoms with Crippen molar-refractivity contribution in [1.82, 2.24) is 15.2 Å². The molecule has 0 saturated carbocycles. The third-order valence-corrected chi connectivity index (χ3v) is 8.63. The van der Waals surface area contributed by atoms with Crippen molar-refractivity contribution in [2.45, 2.75) is 30.2 Å². The molecular formula is C29H29Cl2N3O4S. The van der Waals surface area contributed by atoms with E-state index in [9.17, 15) is 14.4 Å². The Labute approximate surface area is 241 Å². The van der Waals surface area contributed by atoms with E-state index in [1.54, 1.807) is 17.2 Å². The molecule has 1 saturated heterocycles. The first-order valence-corrected chi connectivity index (χ1v) is 14.5. The number of methoxy groups -OCH3 is 1. The number of esters is 1. The van der Waals surface area contributed by atoms with E-state index in [4.69, 9.17) is 27.9 Å². The molecule has 0 aliphatic carbocycles. The standard InChI is InChI=1S/C29H29Cl2N3O4S/c1-38-29(37)23(17-20-11-14-32-22-6-4-3-5-21(20)22)33-28(36)19-12-15-34(16-13-19)25(35)10-8-18-7-9-24(39-2)27(31)26(18)30/h3-11,14,19,23H,12-13,15-17H2,1-2H3,(H,33,36)/b10-8+/t23-/m0/s1. The largest absolute Gasteiger partial charge is 0.467 e. The molecule has 4 rings (SSSR count). The Morgan fingerprint density at radius 1 is 1.13 bits per heavy atom. The molecule has 2 heterocycles. The van der Waals surface area contributed by atoms with Crippen LogP contribution >= 0.6 is 35.0 Å². The van der Waals surface area contributed by atoms with Crippen LogP contribution in [0.4, 0.5) is 0 Å². The van der Waals surface area contributed by atoms with Crippen LogP contribution in [0.15, 0.2) is 59.6 Å². The maximum Gasteiger partial charge on any atom is 0.328 e. The number of aromatic nitrogens is 1. The summed E-state index contributed by atoms with van der Waals surface area (Å²) in [6.07, 6.45) is 8.01. The molecule has 1 aliphatic heterocycles. The summed E-state index contributed by atoms with van der Waals surface area (Å²) in [6, 6.07) is 12.4. The van der Waals surface area contributed by atoms with Crippen LogP contribution in [0.1, 0.15) is 24.0 Å². The molecule has 3 aromatic rings. The minimum absolute atomic E-state index is 0.160. The van der Waals surface area contributed by atoms with Gasteiger partial charge in [0.2, 0.25) is 11.8 Å². The Kier molecular flexibility index (Phi) is 9.88. The fraction of sp³-hybridized carbons (Fsp3) is 0.310. The third kappa shape index (κ3) is 6.93. The first-order chi connectivity index (χ1) is 18.8. The number of nitrogens with one attached hydrogen (secondary N) is 1. The lowest BCUT2D eigenvalue weighted by atomic mass is 9.94. The van der Waals surface area contributed by atoms with Gasteiger partial charge in [-0.3, -0.25) is 14.6 Å². The molecule has 0 unspecified atom stereocenters. The Bertz CT molecular complexity index is 1400. The van der Waals surface area contributed by atoms with Crippen LogP contribution in [0, 0.1) is 5.92 Å². The van der Waals surface area contributed by atoms with E-state index in [2.05, 4.69) is 10.3 Å². The van der Waals surface area contributed by atoms with Gasteiger partial charge < -0.3 is 15.0 Å². The molecule has 39 heavy (non-hydrogen) atoms. The minimum atomic E-state index is -0.829. The number of para-hydroxylation sites is 1. The molecule has 1 fully saturated rings. The van der Waals surface area contributed by atoms with Crippen LogP contribution in [0.5, 0.6) is 0 Å². The number of carbonyl (C=O) groups is 3. The fourth-order valence-electron chi connectivity index (χ4n) is 4.64. The zero-order valence-corrected chi connectivity index (χ0v) is 24.0. The molecule has 1 N–H and O–H groups in total. The van der Waals surface area contributed by atoms with E-state index in [1.807, 2.05) is 48.7 Å². The Balaban J connectivity index is 1.35. The predicted octanol–water partition coefficient (Wildman–Crippen LogP) is 5.42. The van der Waals surface area contributed by atoms with Gasteiger partial charge in [0.25, 0.3) is 0 Å². The van der Waals surface area contributed by atoms with Gasteiger partial charge in [-0.2, -0.15) is 0 Å². The smallest absolute Gasteiger partial charge is 0.328 e. The van der Waals surface area contributed by atoms with Crippen molar-refractivity contribution in [3.05, 3.63) is 75.9 Å². The Morgan fingerprint density at radius 2 is 1.87 bits per heavy atom. The number of nitrogens with zero attached hydrogens (tertiary/aromatic N) is 2. The zero-order valence-electron chi connectivity index (χ0n) is 21.7. The van der Waals surface area contributed by atoms with Crippen molar-refractivity contribution in [2.75, 3.05) is 26.5 Å². The molecule has 1 atom stereocenters. The highest BCUT2D eigenvalue weighted by Gasteiger charge is 2.30. The number of likely N-dealkylation sites (tertiary alicyclic amines) is 1. The van der Waals surface area contributed by atoms with Crippen molar-refractivity contribution < 1.29 is 19.1 Å². The van der Waals surface area contributed by atoms with Gasteiger partial charge in [0, 0.05) is 48.0 Å². The topological polar surface area (TPSA) is 88.6 Å². The number of amides is 2. The molecule has 2 amide bonds. The fourth-order valence-corrected chi connectivity index (χ4v) is 5.81. The normalized spacial score (nSPS) is 14.9. The second-order valence-corrected chi connectivity index (χ2v) is 10.8. The van der Waals surface area contributed by atoms with Crippen molar-refractivity contribution in [3.63, 3.8) is 0 Å². The van der Waals surface area contributed by atoms with Crippen molar-refractivity contribution >= 4 is 69.7 Å². The second kappa shape index (κ2) is 13.3. The van der Waals surface area contributed by atoms with E-state index in [-0.39, 0.29) is 24.2 Å². The van der Waals surface area contributed by atoms with Gasteiger partial charge in [0.15, 0.2) is 0 Å². The quantitative estimate of drug-likeness (QED) is 0.216. The number of benzene rings is 2. The molecule has 0 radical (unpaired) electrons. The lowest BCUT2D eigenvalue weighted by Crippen LogP contribution is -2.48. The highest BCUT2D eigenvalue weighted by Crippen LogP contribution is 2.35. The van der Waals surface area contributed by atoms with E-state index in [0.717, 1.165) is 21.4 Å². The summed E-state index contributed by atoms with van der Waals surface area (Å²) in [6.45, 7) is 0.859. The number of thioether (sulfide) groups is 1. The van der Waals surface area contributed by atoms with Crippen LogP contribution in [0.2, 0.25) is 10.0 Å². The summed E-state index contributed by atoms with van der Waals surface area (Å²) >= 11 is 14.1. The van der Waals surface area contributed by atoms with Crippen LogP contribution in [-0.2, 0) is 25.5 Å².